The number of hydrogen-bond donors (Lipinski definition) is 1. The van der Waals surface area contributed by atoms with Crippen LogP contribution in [0.25, 0.3) is 0 Å². The summed E-state index contributed by atoms with van der Waals surface area (Å²) in [5.41, 5.74) is -1.24. The standard InChI is InChI=1S/C7H12FNO2.C2H6/c1-7(2,8)3-5-4-11-6(10)9-5;1-2/h5H,3-4H2,1-2H3,(H,9,10);1-2H3/t5-;/m0./s1. The Morgan fingerprint density at radius 1 is 1.62 bits per heavy atom. The van der Waals surface area contributed by atoms with Gasteiger partial charge in [0.25, 0.3) is 0 Å². The summed E-state index contributed by atoms with van der Waals surface area (Å²) >= 11 is 0. The monoisotopic (exact) mass is 191 g/mol. The maximum atomic E-state index is 13.0. The third-order valence-corrected chi connectivity index (χ3v) is 1.47. The Bertz CT molecular complexity index is 165. The molecule has 1 amide bonds. The van der Waals surface area contributed by atoms with Crippen LogP contribution in [0.4, 0.5) is 9.18 Å². The Kier molecular flexibility index (Phi) is 4.73. The number of cyclic esters (lactones) is 1. The molecular formula is C9H18FNO2. The molecule has 1 fully saturated rings. The molecule has 0 radical (unpaired) electrons. The normalized spacial score (nSPS) is 21.3. The Morgan fingerprint density at radius 2 is 2.15 bits per heavy atom. The lowest BCUT2D eigenvalue weighted by Crippen LogP contribution is -2.32. The summed E-state index contributed by atoms with van der Waals surface area (Å²) in [4.78, 5) is 10.5. The molecule has 0 aromatic carbocycles. The van der Waals surface area contributed by atoms with E-state index in [-0.39, 0.29) is 12.6 Å². The first-order valence-corrected chi connectivity index (χ1v) is 4.59. The summed E-state index contributed by atoms with van der Waals surface area (Å²) in [5, 5.41) is 2.51. The van der Waals surface area contributed by atoms with Gasteiger partial charge in [-0.25, -0.2) is 9.18 Å². The molecule has 0 bridgehead atoms. The first-order valence-electron chi connectivity index (χ1n) is 4.59. The average Bonchev–Trinajstić information content (AvgIpc) is 2.36. The van der Waals surface area contributed by atoms with Gasteiger partial charge in [-0.3, -0.25) is 0 Å². The van der Waals surface area contributed by atoms with E-state index in [0.29, 0.717) is 6.42 Å². The lowest BCUT2D eigenvalue weighted by atomic mass is 10.0. The van der Waals surface area contributed by atoms with Gasteiger partial charge < -0.3 is 10.1 Å². The maximum Gasteiger partial charge on any atom is 0.407 e. The molecular weight excluding hydrogens is 173 g/mol. The minimum absolute atomic E-state index is 0.164. The number of carbonyl (C=O) groups is 1. The van der Waals surface area contributed by atoms with Crippen LogP contribution in [0.3, 0.4) is 0 Å². The lowest BCUT2D eigenvalue weighted by Gasteiger charge is -2.16. The van der Waals surface area contributed by atoms with E-state index < -0.39 is 11.8 Å². The van der Waals surface area contributed by atoms with Gasteiger partial charge in [0.05, 0.1) is 6.04 Å². The summed E-state index contributed by atoms with van der Waals surface area (Å²) in [7, 11) is 0. The van der Waals surface area contributed by atoms with Crippen molar-refractivity contribution in [2.45, 2.75) is 45.8 Å². The highest BCUT2D eigenvalue weighted by Gasteiger charge is 2.28. The van der Waals surface area contributed by atoms with Gasteiger partial charge >= 0.3 is 6.09 Å². The van der Waals surface area contributed by atoms with E-state index in [0.717, 1.165) is 0 Å². The fourth-order valence-corrected chi connectivity index (χ4v) is 1.12. The third kappa shape index (κ3) is 5.44. The van der Waals surface area contributed by atoms with E-state index in [1.54, 1.807) is 0 Å². The number of amides is 1. The molecule has 1 N–H and O–H groups in total. The van der Waals surface area contributed by atoms with Crippen molar-refractivity contribution in [2.24, 2.45) is 0 Å². The molecule has 1 heterocycles. The van der Waals surface area contributed by atoms with Crippen LogP contribution in [0.2, 0.25) is 0 Å². The van der Waals surface area contributed by atoms with Gasteiger partial charge in [-0.15, -0.1) is 0 Å². The molecule has 1 aliphatic rings. The predicted molar refractivity (Wildman–Crippen MR) is 49.4 cm³/mol. The number of alkyl halides is 1. The van der Waals surface area contributed by atoms with Crippen molar-refractivity contribution in [3.8, 4) is 0 Å². The zero-order valence-corrected chi connectivity index (χ0v) is 8.69. The molecule has 0 aliphatic carbocycles. The van der Waals surface area contributed by atoms with Crippen molar-refractivity contribution in [3.05, 3.63) is 0 Å². The summed E-state index contributed by atoms with van der Waals surface area (Å²) in [5.74, 6) is 0. The Hall–Kier alpha value is -0.800. The number of alkyl carbamates (subject to hydrolysis) is 1. The molecule has 1 aliphatic heterocycles. The van der Waals surface area contributed by atoms with E-state index in [4.69, 9.17) is 0 Å². The van der Waals surface area contributed by atoms with Crippen molar-refractivity contribution >= 4 is 6.09 Å². The zero-order valence-electron chi connectivity index (χ0n) is 8.69. The number of halogens is 1. The van der Waals surface area contributed by atoms with Crippen LogP contribution in [0.15, 0.2) is 0 Å². The quantitative estimate of drug-likeness (QED) is 0.727. The number of nitrogens with one attached hydrogen (secondary N) is 1. The fourth-order valence-electron chi connectivity index (χ4n) is 1.12. The first-order chi connectivity index (χ1) is 5.97. The van der Waals surface area contributed by atoms with Gasteiger partial charge in [0.15, 0.2) is 0 Å². The van der Waals surface area contributed by atoms with Gasteiger partial charge in [0.2, 0.25) is 0 Å². The van der Waals surface area contributed by atoms with Crippen LogP contribution in [0.5, 0.6) is 0 Å². The summed E-state index contributed by atoms with van der Waals surface area (Å²) in [6, 6.07) is -0.164. The second-order valence-corrected chi connectivity index (χ2v) is 3.36. The van der Waals surface area contributed by atoms with Crippen LogP contribution in [-0.2, 0) is 4.74 Å². The van der Waals surface area contributed by atoms with Gasteiger partial charge in [-0.05, 0) is 13.8 Å². The number of rotatable bonds is 2. The van der Waals surface area contributed by atoms with Gasteiger partial charge in [0.1, 0.15) is 12.3 Å². The molecule has 0 aromatic rings. The molecule has 3 nitrogen and oxygen atoms in total. The van der Waals surface area contributed by atoms with E-state index in [1.165, 1.54) is 13.8 Å². The molecule has 1 atom stereocenters. The van der Waals surface area contributed by atoms with Crippen molar-refractivity contribution < 1.29 is 13.9 Å². The number of hydrogen-bond acceptors (Lipinski definition) is 2. The van der Waals surface area contributed by atoms with Gasteiger partial charge in [0, 0.05) is 6.42 Å². The smallest absolute Gasteiger partial charge is 0.407 e. The van der Waals surface area contributed by atoms with Crippen molar-refractivity contribution in [3.63, 3.8) is 0 Å². The van der Waals surface area contributed by atoms with Crippen LogP contribution >= 0.6 is 0 Å². The highest BCUT2D eigenvalue weighted by Crippen LogP contribution is 2.18. The van der Waals surface area contributed by atoms with Crippen molar-refractivity contribution in [1.29, 1.82) is 0 Å². The minimum Gasteiger partial charge on any atom is -0.447 e. The molecule has 78 valence electrons. The van der Waals surface area contributed by atoms with E-state index >= 15 is 0 Å². The first kappa shape index (κ1) is 12.2. The highest BCUT2D eigenvalue weighted by atomic mass is 19.1. The van der Waals surface area contributed by atoms with E-state index in [9.17, 15) is 9.18 Å². The van der Waals surface area contributed by atoms with Crippen LogP contribution in [0, 0.1) is 0 Å². The average molecular weight is 191 g/mol. The van der Waals surface area contributed by atoms with Crippen molar-refractivity contribution in [2.75, 3.05) is 6.61 Å². The minimum atomic E-state index is -1.24. The van der Waals surface area contributed by atoms with Crippen LogP contribution in [0.1, 0.15) is 34.1 Å². The molecule has 1 saturated heterocycles. The topological polar surface area (TPSA) is 38.3 Å². The molecule has 0 unspecified atom stereocenters. The summed E-state index contributed by atoms with van der Waals surface area (Å²) in [6.45, 7) is 7.25. The van der Waals surface area contributed by atoms with Crippen molar-refractivity contribution in [1.82, 2.24) is 5.32 Å². The van der Waals surface area contributed by atoms with E-state index in [1.807, 2.05) is 13.8 Å². The Morgan fingerprint density at radius 3 is 2.46 bits per heavy atom. The SMILES string of the molecule is CC.CC(C)(F)C[C@H]1COC(=O)N1. The highest BCUT2D eigenvalue weighted by molar-refractivity contribution is 5.69. The van der Waals surface area contributed by atoms with Crippen LogP contribution in [-0.4, -0.2) is 24.4 Å². The molecule has 1 rings (SSSR count). The van der Waals surface area contributed by atoms with Crippen LogP contribution < -0.4 is 5.32 Å². The molecule has 0 aromatic heterocycles. The molecule has 0 saturated carbocycles. The molecule has 4 heteroatoms. The predicted octanol–water partition coefficient (Wildman–Crippen LogP) is 2.26. The second-order valence-electron chi connectivity index (χ2n) is 3.36. The fraction of sp³-hybridized carbons (Fsp3) is 0.889. The summed E-state index contributed by atoms with van der Waals surface area (Å²) < 4.78 is 17.6. The number of ether oxygens (including phenoxy) is 1. The molecule has 13 heavy (non-hydrogen) atoms. The zero-order chi connectivity index (χ0) is 10.5. The van der Waals surface area contributed by atoms with E-state index in [2.05, 4.69) is 10.1 Å². The number of carbonyl (C=O) groups excluding carboxylic acids is 1. The molecule has 0 spiro atoms. The Balaban J connectivity index is 0.000000671. The third-order valence-electron chi connectivity index (χ3n) is 1.47. The van der Waals surface area contributed by atoms with Gasteiger partial charge in [-0.2, -0.15) is 0 Å². The van der Waals surface area contributed by atoms with Gasteiger partial charge in [-0.1, -0.05) is 13.8 Å². The largest absolute Gasteiger partial charge is 0.447 e. The summed E-state index contributed by atoms with van der Waals surface area (Å²) in [6.07, 6.45) is -0.141. The lowest BCUT2D eigenvalue weighted by molar-refractivity contribution is 0.163. The maximum absolute atomic E-state index is 13.0. The Labute approximate surface area is 78.6 Å². The second kappa shape index (κ2) is 5.04.